The summed E-state index contributed by atoms with van der Waals surface area (Å²) in [4.78, 5) is 31.3. The molecule has 1 aromatic heterocycles. The highest BCUT2D eigenvalue weighted by Gasteiger charge is 2.22. The Morgan fingerprint density at radius 3 is 2.55 bits per heavy atom. The maximum absolute atomic E-state index is 13.5. The van der Waals surface area contributed by atoms with Gasteiger partial charge in [0.15, 0.2) is 5.16 Å². The van der Waals surface area contributed by atoms with Gasteiger partial charge in [-0.3, -0.25) is 14.2 Å². The Labute approximate surface area is 196 Å². The van der Waals surface area contributed by atoms with Crippen LogP contribution < -0.4 is 15.6 Å². The average molecular weight is 460 g/mol. The van der Waals surface area contributed by atoms with E-state index in [0.29, 0.717) is 27.5 Å². The summed E-state index contributed by atoms with van der Waals surface area (Å²) in [5.41, 5.74) is 3.75. The highest BCUT2D eigenvalue weighted by atomic mass is 32.2. The van der Waals surface area contributed by atoms with Crippen LogP contribution in [0.3, 0.4) is 0 Å². The Kier molecular flexibility index (Phi) is 6.51. The minimum atomic E-state index is -0.515. The molecule has 0 fully saturated rings. The van der Waals surface area contributed by atoms with Crippen molar-refractivity contribution in [1.29, 1.82) is 0 Å². The van der Waals surface area contributed by atoms with E-state index >= 15 is 0 Å². The molecule has 3 aromatic carbocycles. The van der Waals surface area contributed by atoms with Crippen molar-refractivity contribution in [3.63, 3.8) is 0 Å². The average Bonchev–Trinajstić information content (AvgIpc) is 2.80. The minimum absolute atomic E-state index is 0.162. The number of aromatic nitrogens is 2. The van der Waals surface area contributed by atoms with Crippen molar-refractivity contribution in [3.8, 4) is 11.4 Å². The van der Waals surface area contributed by atoms with E-state index in [2.05, 4.69) is 5.32 Å². The molecule has 0 saturated heterocycles. The van der Waals surface area contributed by atoms with Crippen LogP contribution in [0.15, 0.2) is 76.7 Å². The number of anilines is 1. The molecular formula is C26H25N3O3S. The summed E-state index contributed by atoms with van der Waals surface area (Å²) in [6.07, 6.45) is 0. The molecule has 7 heteroatoms. The first-order valence-corrected chi connectivity index (χ1v) is 11.5. The lowest BCUT2D eigenvalue weighted by Gasteiger charge is -2.18. The second-order valence-electron chi connectivity index (χ2n) is 7.79. The molecule has 0 saturated carbocycles. The van der Waals surface area contributed by atoms with Gasteiger partial charge in [-0.2, -0.15) is 0 Å². The van der Waals surface area contributed by atoms with E-state index in [1.54, 1.807) is 24.7 Å². The number of hydrogen-bond acceptors (Lipinski definition) is 5. The second-order valence-corrected chi connectivity index (χ2v) is 9.10. The van der Waals surface area contributed by atoms with E-state index in [9.17, 15) is 9.59 Å². The number of carbonyl (C=O) groups is 1. The largest absolute Gasteiger partial charge is 0.495 e. The topological polar surface area (TPSA) is 73.2 Å². The van der Waals surface area contributed by atoms with E-state index in [1.165, 1.54) is 11.8 Å². The lowest BCUT2D eigenvalue weighted by Crippen LogP contribution is -2.26. The number of thioether (sulfide) groups is 1. The first kappa shape index (κ1) is 22.6. The summed E-state index contributed by atoms with van der Waals surface area (Å²) in [6, 6.07) is 20.5. The predicted molar refractivity (Wildman–Crippen MR) is 134 cm³/mol. The van der Waals surface area contributed by atoms with E-state index in [-0.39, 0.29) is 11.5 Å². The van der Waals surface area contributed by atoms with Crippen LogP contribution in [0.5, 0.6) is 5.75 Å². The number of fused-ring (bicyclic) bond motifs is 1. The van der Waals surface area contributed by atoms with Crippen molar-refractivity contribution in [2.75, 3.05) is 12.4 Å². The zero-order valence-electron chi connectivity index (χ0n) is 19.0. The van der Waals surface area contributed by atoms with Crippen molar-refractivity contribution in [1.82, 2.24) is 9.55 Å². The number of aryl methyl sites for hydroxylation is 2. The number of carbonyl (C=O) groups excluding carboxylic acids is 1. The van der Waals surface area contributed by atoms with Crippen molar-refractivity contribution in [2.24, 2.45) is 0 Å². The van der Waals surface area contributed by atoms with Gasteiger partial charge in [0.05, 0.1) is 34.6 Å². The first-order chi connectivity index (χ1) is 15.9. The van der Waals surface area contributed by atoms with E-state index < -0.39 is 5.25 Å². The molecule has 6 nitrogen and oxygen atoms in total. The van der Waals surface area contributed by atoms with Gasteiger partial charge in [-0.15, -0.1) is 0 Å². The van der Waals surface area contributed by atoms with Gasteiger partial charge in [-0.05, 0) is 62.2 Å². The monoisotopic (exact) mass is 459 g/mol. The summed E-state index contributed by atoms with van der Waals surface area (Å²) < 4.78 is 6.97. The van der Waals surface area contributed by atoms with E-state index in [1.807, 2.05) is 74.5 Å². The van der Waals surface area contributed by atoms with Crippen molar-refractivity contribution in [3.05, 3.63) is 88.2 Å². The van der Waals surface area contributed by atoms with Crippen LogP contribution in [-0.2, 0) is 4.79 Å². The fourth-order valence-electron chi connectivity index (χ4n) is 3.58. The highest BCUT2D eigenvalue weighted by molar-refractivity contribution is 8.00. The first-order valence-electron chi connectivity index (χ1n) is 10.6. The van der Waals surface area contributed by atoms with Crippen LogP contribution in [0.4, 0.5) is 5.69 Å². The predicted octanol–water partition coefficient (Wildman–Crippen LogP) is 5.13. The third-order valence-electron chi connectivity index (χ3n) is 5.37. The van der Waals surface area contributed by atoms with Crippen molar-refractivity contribution >= 4 is 34.3 Å². The minimum Gasteiger partial charge on any atom is -0.495 e. The lowest BCUT2D eigenvalue weighted by atomic mass is 10.2. The van der Waals surface area contributed by atoms with Gasteiger partial charge in [0.2, 0.25) is 5.91 Å². The molecule has 33 heavy (non-hydrogen) atoms. The van der Waals surface area contributed by atoms with Gasteiger partial charge in [0, 0.05) is 0 Å². The summed E-state index contributed by atoms with van der Waals surface area (Å²) in [5, 5.41) is 3.43. The maximum atomic E-state index is 13.5. The molecule has 0 spiro atoms. The molecule has 4 aromatic rings. The molecule has 168 valence electrons. The molecular weight excluding hydrogens is 434 g/mol. The number of ether oxygens (including phenoxy) is 1. The summed E-state index contributed by atoms with van der Waals surface area (Å²) in [7, 11) is 1.57. The Hall–Kier alpha value is -3.58. The third-order valence-corrected chi connectivity index (χ3v) is 6.42. The standard InChI is InChI=1S/C26H25N3O3S/c1-16-13-14-23(32-4)21(15-16)27-24(30)18(3)33-26-28-20-11-7-6-10-19(20)25(31)29(26)22-12-8-5-9-17(22)2/h5-15,18H,1-4H3,(H,27,30). The molecule has 1 amide bonds. The fourth-order valence-corrected chi connectivity index (χ4v) is 4.50. The molecule has 0 radical (unpaired) electrons. The van der Waals surface area contributed by atoms with Crippen LogP contribution in [0.2, 0.25) is 0 Å². The molecule has 0 bridgehead atoms. The number of rotatable bonds is 6. The Bertz CT molecular complexity index is 1400. The molecule has 1 unspecified atom stereocenters. The van der Waals surface area contributed by atoms with Crippen LogP contribution in [0, 0.1) is 13.8 Å². The smallest absolute Gasteiger partial charge is 0.266 e. The molecule has 0 aliphatic carbocycles. The number of para-hydroxylation sites is 2. The number of methoxy groups -OCH3 is 1. The second kappa shape index (κ2) is 9.50. The Balaban J connectivity index is 1.73. The molecule has 0 aliphatic heterocycles. The molecule has 4 rings (SSSR count). The molecule has 1 heterocycles. The lowest BCUT2D eigenvalue weighted by molar-refractivity contribution is -0.115. The molecule has 1 N–H and O–H groups in total. The zero-order valence-corrected chi connectivity index (χ0v) is 19.8. The Morgan fingerprint density at radius 1 is 1.06 bits per heavy atom. The summed E-state index contributed by atoms with van der Waals surface area (Å²) in [5.74, 6) is 0.384. The van der Waals surface area contributed by atoms with Gasteiger partial charge in [-0.1, -0.05) is 48.2 Å². The number of nitrogens with one attached hydrogen (secondary N) is 1. The number of nitrogens with zero attached hydrogens (tertiary/aromatic N) is 2. The Morgan fingerprint density at radius 2 is 1.79 bits per heavy atom. The number of hydrogen-bond donors (Lipinski definition) is 1. The van der Waals surface area contributed by atoms with Crippen LogP contribution >= 0.6 is 11.8 Å². The zero-order chi connectivity index (χ0) is 23.5. The quantitative estimate of drug-likeness (QED) is 0.320. The normalized spacial score (nSPS) is 11.9. The van der Waals surface area contributed by atoms with E-state index in [4.69, 9.17) is 9.72 Å². The maximum Gasteiger partial charge on any atom is 0.266 e. The van der Waals surface area contributed by atoms with Gasteiger partial charge in [0.25, 0.3) is 5.56 Å². The third kappa shape index (κ3) is 4.64. The van der Waals surface area contributed by atoms with Gasteiger partial charge in [0.1, 0.15) is 5.75 Å². The van der Waals surface area contributed by atoms with E-state index in [0.717, 1.165) is 16.8 Å². The van der Waals surface area contributed by atoms with Crippen molar-refractivity contribution < 1.29 is 9.53 Å². The van der Waals surface area contributed by atoms with Crippen LogP contribution in [0.1, 0.15) is 18.1 Å². The SMILES string of the molecule is COc1ccc(C)cc1NC(=O)C(C)Sc1nc2ccccc2c(=O)n1-c1ccccc1C. The van der Waals surface area contributed by atoms with Gasteiger partial charge in [-0.25, -0.2) is 4.98 Å². The molecule has 0 aliphatic rings. The fraction of sp³-hybridized carbons (Fsp3) is 0.192. The molecule has 1 atom stereocenters. The number of benzene rings is 3. The number of amides is 1. The van der Waals surface area contributed by atoms with Gasteiger partial charge >= 0.3 is 0 Å². The van der Waals surface area contributed by atoms with Crippen molar-refractivity contribution in [2.45, 2.75) is 31.2 Å². The summed E-state index contributed by atoms with van der Waals surface area (Å²) in [6.45, 7) is 5.70. The summed E-state index contributed by atoms with van der Waals surface area (Å²) >= 11 is 1.25. The van der Waals surface area contributed by atoms with Crippen LogP contribution in [0.25, 0.3) is 16.6 Å². The highest BCUT2D eigenvalue weighted by Crippen LogP contribution is 2.29. The van der Waals surface area contributed by atoms with Gasteiger partial charge < -0.3 is 10.1 Å². The van der Waals surface area contributed by atoms with Crippen LogP contribution in [-0.4, -0.2) is 27.8 Å².